The van der Waals surface area contributed by atoms with E-state index in [9.17, 15) is 9.59 Å². The quantitative estimate of drug-likeness (QED) is 0.757. The number of hydrogen-bond donors (Lipinski definition) is 2. The Bertz CT molecular complexity index is 889. The molecule has 0 fully saturated rings. The average molecular weight is 287 g/mol. The number of fused-ring (bicyclic) bond motifs is 3. The lowest BCUT2D eigenvalue weighted by Gasteiger charge is -2.07. The zero-order valence-electron chi connectivity index (χ0n) is 11.1. The first-order chi connectivity index (χ1) is 9.47. The lowest BCUT2D eigenvalue weighted by Crippen LogP contribution is -2.05. The molecule has 0 spiro atoms. The average Bonchev–Trinajstić information content (AvgIpc) is 2.84. The predicted octanol–water partition coefficient (Wildman–Crippen LogP) is 3.56. The van der Waals surface area contributed by atoms with Crippen molar-refractivity contribution in [3.8, 4) is 0 Å². The van der Waals surface area contributed by atoms with Crippen molar-refractivity contribution in [1.82, 2.24) is 4.98 Å². The minimum absolute atomic E-state index is 0.186. The highest BCUT2D eigenvalue weighted by molar-refractivity contribution is 7.21. The second-order valence-corrected chi connectivity index (χ2v) is 6.12. The van der Waals surface area contributed by atoms with Gasteiger partial charge in [0.1, 0.15) is 4.88 Å². The molecule has 0 aliphatic rings. The lowest BCUT2D eigenvalue weighted by atomic mass is 10.0. The molecule has 0 amide bonds. The zero-order valence-corrected chi connectivity index (χ0v) is 11.9. The number of aromatic nitrogens is 1. The van der Waals surface area contributed by atoms with E-state index >= 15 is 0 Å². The van der Waals surface area contributed by atoms with Crippen molar-refractivity contribution in [3.63, 3.8) is 0 Å². The summed E-state index contributed by atoms with van der Waals surface area (Å²) in [7, 11) is 0. The van der Waals surface area contributed by atoms with E-state index in [-0.39, 0.29) is 10.4 Å². The van der Waals surface area contributed by atoms with Crippen molar-refractivity contribution in [2.45, 2.75) is 19.8 Å². The summed E-state index contributed by atoms with van der Waals surface area (Å²) in [5, 5.41) is 10.4. The van der Waals surface area contributed by atoms with Crippen molar-refractivity contribution >= 4 is 38.3 Å². The molecule has 3 aromatic rings. The van der Waals surface area contributed by atoms with Gasteiger partial charge in [0.05, 0.1) is 15.6 Å². The summed E-state index contributed by atoms with van der Waals surface area (Å²) < 4.78 is 0.733. The Balaban J connectivity index is 2.41. The molecule has 2 heterocycles. The van der Waals surface area contributed by atoms with Crippen LogP contribution in [0.1, 0.15) is 35.0 Å². The first-order valence-corrected chi connectivity index (χ1v) is 7.12. The number of H-pyrrole nitrogens is 1. The molecule has 0 saturated heterocycles. The summed E-state index contributed by atoms with van der Waals surface area (Å²) in [5.41, 5.74) is 1.66. The maximum Gasteiger partial charge on any atom is 0.345 e. The van der Waals surface area contributed by atoms with Crippen molar-refractivity contribution in [1.29, 1.82) is 0 Å². The smallest absolute Gasteiger partial charge is 0.345 e. The highest BCUT2D eigenvalue weighted by Crippen LogP contribution is 2.30. The molecule has 0 saturated carbocycles. The van der Waals surface area contributed by atoms with Gasteiger partial charge in [-0.3, -0.25) is 4.79 Å². The Kier molecular flexibility index (Phi) is 2.87. The van der Waals surface area contributed by atoms with Gasteiger partial charge in [0, 0.05) is 5.39 Å². The van der Waals surface area contributed by atoms with E-state index in [1.54, 1.807) is 0 Å². The van der Waals surface area contributed by atoms with E-state index in [2.05, 4.69) is 18.8 Å². The van der Waals surface area contributed by atoms with E-state index < -0.39 is 5.97 Å². The molecule has 0 atom stereocenters. The van der Waals surface area contributed by atoms with E-state index in [0.717, 1.165) is 32.5 Å². The molecule has 4 nitrogen and oxygen atoms in total. The lowest BCUT2D eigenvalue weighted by molar-refractivity contribution is 0.0702. The normalized spacial score (nSPS) is 11.6. The van der Waals surface area contributed by atoms with Crippen LogP contribution in [-0.2, 0) is 0 Å². The van der Waals surface area contributed by atoms with E-state index in [0.29, 0.717) is 11.3 Å². The van der Waals surface area contributed by atoms with Crippen LogP contribution in [0.25, 0.3) is 21.0 Å². The predicted molar refractivity (Wildman–Crippen MR) is 81.0 cm³/mol. The third-order valence-electron chi connectivity index (χ3n) is 3.39. The molecule has 5 heteroatoms. The Morgan fingerprint density at radius 3 is 2.65 bits per heavy atom. The van der Waals surface area contributed by atoms with Crippen LogP contribution in [0.3, 0.4) is 0 Å². The van der Waals surface area contributed by atoms with Gasteiger partial charge in [-0.2, -0.15) is 0 Å². The molecule has 0 aliphatic heterocycles. The number of aromatic amines is 1. The van der Waals surface area contributed by atoms with Gasteiger partial charge in [0.15, 0.2) is 0 Å². The summed E-state index contributed by atoms with van der Waals surface area (Å²) in [6.07, 6.45) is 0. The Morgan fingerprint density at radius 1 is 1.25 bits per heavy atom. The summed E-state index contributed by atoms with van der Waals surface area (Å²) in [4.78, 5) is 26.2. The molecule has 0 aliphatic carbocycles. The van der Waals surface area contributed by atoms with Crippen LogP contribution in [0.2, 0.25) is 0 Å². The van der Waals surface area contributed by atoms with E-state index in [1.165, 1.54) is 6.07 Å². The monoisotopic (exact) mass is 287 g/mol. The van der Waals surface area contributed by atoms with Gasteiger partial charge in [0.2, 0.25) is 0 Å². The fraction of sp³-hybridized carbons (Fsp3) is 0.200. The maximum absolute atomic E-state index is 12.1. The van der Waals surface area contributed by atoms with Crippen LogP contribution < -0.4 is 5.56 Å². The highest BCUT2D eigenvalue weighted by Gasteiger charge is 2.14. The summed E-state index contributed by atoms with van der Waals surface area (Å²) in [6, 6.07) is 7.37. The summed E-state index contributed by atoms with van der Waals surface area (Å²) >= 11 is 1.14. The first-order valence-electron chi connectivity index (χ1n) is 6.30. The van der Waals surface area contributed by atoms with Crippen LogP contribution in [0, 0.1) is 0 Å². The third-order valence-corrected chi connectivity index (χ3v) is 4.55. The second-order valence-electron chi connectivity index (χ2n) is 5.07. The number of benzene rings is 1. The van der Waals surface area contributed by atoms with Crippen LogP contribution in [0.5, 0.6) is 0 Å². The van der Waals surface area contributed by atoms with Gasteiger partial charge in [-0.25, -0.2) is 4.79 Å². The topological polar surface area (TPSA) is 70.2 Å². The number of aromatic carboxylic acids is 1. The SMILES string of the molecule is CC(C)c1ccc2c(c1)[nH]c(=O)c1cc(C(=O)O)sc12. The molecule has 102 valence electrons. The van der Waals surface area contributed by atoms with Gasteiger partial charge in [-0.1, -0.05) is 26.0 Å². The van der Waals surface area contributed by atoms with Crippen molar-refractivity contribution in [2.75, 3.05) is 0 Å². The standard InChI is InChI=1S/C15H13NO3S/c1-7(2)8-3-4-9-11(5-8)16-14(17)10-6-12(15(18)19)20-13(9)10/h3-7H,1-2H3,(H,16,17)(H,18,19). The van der Waals surface area contributed by atoms with E-state index in [1.807, 2.05) is 18.2 Å². The van der Waals surface area contributed by atoms with Crippen LogP contribution in [0.4, 0.5) is 0 Å². The van der Waals surface area contributed by atoms with Crippen LogP contribution in [0.15, 0.2) is 29.1 Å². The maximum atomic E-state index is 12.1. The zero-order chi connectivity index (χ0) is 14.4. The minimum Gasteiger partial charge on any atom is -0.477 e. The molecule has 3 rings (SSSR count). The second kappa shape index (κ2) is 4.45. The first kappa shape index (κ1) is 12.9. The molecular formula is C15H13NO3S. The number of hydrogen-bond acceptors (Lipinski definition) is 3. The van der Waals surface area contributed by atoms with Crippen molar-refractivity contribution in [3.05, 3.63) is 45.1 Å². The molecule has 0 radical (unpaired) electrons. The van der Waals surface area contributed by atoms with Gasteiger partial charge in [-0.15, -0.1) is 11.3 Å². The van der Waals surface area contributed by atoms with Gasteiger partial charge >= 0.3 is 5.97 Å². The molecule has 2 N–H and O–H groups in total. The number of pyridine rings is 1. The van der Waals surface area contributed by atoms with E-state index in [4.69, 9.17) is 5.11 Å². The Morgan fingerprint density at radius 2 is 2.00 bits per heavy atom. The molecule has 1 aromatic carbocycles. The summed E-state index contributed by atoms with van der Waals surface area (Å²) in [6.45, 7) is 4.18. The third kappa shape index (κ3) is 1.91. The highest BCUT2D eigenvalue weighted by atomic mass is 32.1. The van der Waals surface area contributed by atoms with Gasteiger partial charge in [0.25, 0.3) is 5.56 Å². The number of carbonyl (C=O) groups is 1. The largest absolute Gasteiger partial charge is 0.477 e. The Labute approximate surface area is 118 Å². The number of nitrogens with one attached hydrogen (secondary N) is 1. The minimum atomic E-state index is -1.00. The number of thiophene rings is 1. The van der Waals surface area contributed by atoms with Crippen molar-refractivity contribution < 1.29 is 9.90 Å². The molecule has 20 heavy (non-hydrogen) atoms. The fourth-order valence-corrected chi connectivity index (χ4v) is 3.31. The number of carboxylic acids is 1. The number of rotatable bonds is 2. The molecular weight excluding hydrogens is 274 g/mol. The summed E-state index contributed by atoms with van der Waals surface area (Å²) in [5.74, 6) is -0.630. The van der Waals surface area contributed by atoms with Gasteiger partial charge in [-0.05, 0) is 23.6 Å². The van der Waals surface area contributed by atoms with Crippen LogP contribution in [-0.4, -0.2) is 16.1 Å². The fourth-order valence-electron chi connectivity index (χ4n) is 2.28. The molecule has 0 bridgehead atoms. The van der Waals surface area contributed by atoms with Crippen molar-refractivity contribution in [2.24, 2.45) is 0 Å². The van der Waals surface area contributed by atoms with Gasteiger partial charge < -0.3 is 10.1 Å². The molecule has 0 unspecified atom stereocenters. The molecule has 2 aromatic heterocycles. The Hall–Kier alpha value is -2.14. The number of carboxylic acid groups (broad SMARTS) is 1. The van der Waals surface area contributed by atoms with Crippen LogP contribution >= 0.6 is 11.3 Å².